The Morgan fingerprint density at radius 2 is 1.76 bits per heavy atom. The van der Waals surface area contributed by atoms with Gasteiger partial charge in [-0.2, -0.15) is 0 Å². The summed E-state index contributed by atoms with van der Waals surface area (Å²) in [6.07, 6.45) is 0.601. The average molecular weight is 307 g/mol. The Kier molecular flexibility index (Phi) is 4.98. The number of fused-ring (bicyclic) bond motifs is 1. The molecule has 0 amide bonds. The Morgan fingerprint density at radius 3 is 2.38 bits per heavy atom. The molecule has 0 spiro atoms. The Morgan fingerprint density at radius 1 is 1.10 bits per heavy atom. The van der Waals surface area contributed by atoms with Crippen LogP contribution >= 0.6 is 0 Å². The summed E-state index contributed by atoms with van der Waals surface area (Å²) in [4.78, 5) is 0.225. The van der Waals surface area contributed by atoms with E-state index in [1.165, 1.54) is 0 Å². The first-order valence-corrected chi connectivity index (χ1v) is 8.52. The average Bonchev–Trinajstić information content (AvgIpc) is 2.45. The van der Waals surface area contributed by atoms with Crippen molar-refractivity contribution >= 4 is 20.8 Å². The molecule has 1 atom stereocenters. The zero-order chi connectivity index (χ0) is 15.5. The molecule has 114 valence electrons. The smallest absolute Gasteiger partial charge is 0.240 e. The Bertz CT molecular complexity index is 710. The fourth-order valence-corrected chi connectivity index (χ4v) is 3.63. The Hall–Kier alpha value is -1.43. The van der Waals surface area contributed by atoms with Crippen molar-refractivity contribution in [3.63, 3.8) is 0 Å². The van der Waals surface area contributed by atoms with E-state index in [0.29, 0.717) is 12.3 Å². The van der Waals surface area contributed by atoms with E-state index >= 15 is 0 Å². The topological polar surface area (TPSA) is 66.4 Å². The van der Waals surface area contributed by atoms with Crippen LogP contribution in [-0.4, -0.2) is 26.2 Å². The van der Waals surface area contributed by atoms with Gasteiger partial charge >= 0.3 is 0 Å². The van der Waals surface area contributed by atoms with Crippen molar-refractivity contribution in [3.8, 4) is 0 Å². The molecule has 1 unspecified atom stereocenters. The first-order chi connectivity index (χ1) is 9.92. The fourth-order valence-electron chi connectivity index (χ4n) is 2.35. The lowest BCUT2D eigenvalue weighted by Crippen LogP contribution is -2.38. The lowest BCUT2D eigenvalue weighted by Gasteiger charge is -2.18. The quantitative estimate of drug-likeness (QED) is 0.862. The zero-order valence-corrected chi connectivity index (χ0v) is 13.1. The van der Waals surface area contributed by atoms with E-state index in [0.717, 1.165) is 10.8 Å². The summed E-state index contributed by atoms with van der Waals surface area (Å²) in [5.74, 6) is 0.307. The van der Waals surface area contributed by atoms with E-state index in [9.17, 15) is 13.5 Å². The van der Waals surface area contributed by atoms with Gasteiger partial charge < -0.3 is 5.11 Å². The van der Waals surface area contributed by atoms with Crippen LogP contribution < -0.4 is 4.72 Å². The van der Waals surface area contributed by atoms with E-state index in [1.807, 2.05) is 38.1 Å². The minimum Gasteiger partial charge on any atom is -0.395 e. The van der Waals surface area contributed by atoms with Gasteiger partial charge in [0.2, 0.25) is 10.0 Å². The second-order valence-corrected chi connectivity index (χ2v) is 7.35. The largest absolute Gasteiger partial charge is 0.395 e. The van der Waals surface area contributed by atoms with Crippen molar-refractivity contribution in [1.82, 2.24) is 4.72 Å². The van der Waals surface area contributed by atoms with Crippen LogP contribution in [0.5, 0.6) is 0 Å². The molecular weight excluding hydrogens is 286 g/mol. The molecule has 0 fully saturated rings. The highest BCUT2D eigenvalue weighted by Gasteiger charge is 2.20. The number of benzene rings is 2. The molecule has 21 heavy (non-hydrogen) atoms. The molecule has 2 rings (SSSR count). The van der Waals surface area contributed by atoms with Gasteiger partial charge in [-0.15, -0.1) is 0 Å². The molecule has 2 aromatic rings. The summed E-state index contributed by atoms with van der Waals surface area (Å²) in [6.45, 7) is 3.78. The van der Waals surface area contributed by atoms with Gasteiger partial charge in [0.25, 0.3) is 0 Å². The molecule has 0 saturated heterocycles. The minimum absolute atomic E-state index is 0.203. The number of aliphatic hydroxyl groups is 1. The van der Waals surface area contributed by atoms with Crippen molar-refractivity contribution in [2.45, 2.75) is 31.2 Å². The number of sulfonamides is 1. The maximum atomic E-state index is 12.4. The SMILES string of the molecule is CC(C)CC(CO)NS(=O)(=O)c1ccc2ccccc2c1. The third-order valence-electron chi connectivity index (χ3n) is 3.33. The number of rotatable bonds is 6. The highest BCUT2D eigenvalue weighted by Crippen LogP contribution is 2.19. The van der Waals surface area contributed by atoms with Crippen LogP contribution in [0.3, 0.4) is 0 Å². The molecule has 0 aromatic heterocycles. The van der Waals surface area contributed by atoms with Crippen LogP contribution in [0.2, 0.25) is 0 Å². The lowest BCUT2D eigenvalue weighted by atomic mass is 10.1. The monoisotopic (exact) mass is 307 g/mol. The summed E-state index contributed by atoms with van der Waals surface area (Å²) >= 11 is 0. The van der Waals surface area contributed by atoms with Gasteiger partial charge in [0, 0.05) is 6.04 Å². The second kappa shape index (κ2) is 6.56. The number of hydrogen-bond donors (Lipinski definition) is 2. The molecule has 0 bridgehead atoms. The van der Waals surface area contributed by atoms with Crippen LogP contribution in [0.15, 0.2) is 47.4 Å². The van der Waals surface area contributed by atoms with Crippen molar-refractivity contribution in [2.24, 2.45) is 5.92 Å². The van der Waals surface area contributed by atoms with Crippen LogP contribution in [-0.2, 0) is 10.0 Å². The number of nitrogens with one attached hydrogen (secondary N) is 1. The van der Waals surface area contributed by atoms with E-state index in [1.54, 1.807) is 18.2 Å². The van der Waals surface area contributed by atoms with Crippen molar-refractivity contribution in [1.29, 1.82) is 0 Å². The first kappa shape index (κ1) is 15.9. The predicted octanol–water partition coefficient (Wildman–Crippen LogP) is 2.53. The molecule has 2 aromatic carbocycles. The highest BCUT2D eigenvalue weighted by atomic mass is 32.2. The van der Waals surface area contributed by atoms with Gasteiger partial charge in [-0.3, -0.25) is 0 Å². The Labute approximate surface area is 125 Å². The van der Waals surface area contributed by atoms with Crippen molar-refractivity contribution in [2.75, 3.05) is 6.61 Å². The third-order valence-corrected chi connectivity index (χ3v) is 4.85. The summed E-state index contributed by atoms with van der Waals surface area (Å²) in [5.41, 5.74) is 0. The maximum Gasteiger partial charge on any atom is 0.240 e. The van der Waals surface area contributed by atoms with E-state index in [2.05, 4.69) is 4.72 Å². The number of hydrogen-bond acceptors (Lipinski definition) is 3. The molecule has 0 aliphatic rings. The second-order valence-electron chi connectivity index (χ2n) is 5.64. The van der Waals surface area contributed by atoms with E-state index in [4.69, 9.17) is 0 Å². The minimum atomic E-state index is -3.62. The normalized spacial score (nSPS) is 13.7. The molecular formula is C16H21NO3S. The van der Waals surface area contributed by atoms with Crippen LogP contribution in [0.4, 0.5) is 0 Å². The fraction of sp³-hybridized carbons (Fsp3) is 0.375. The molecule has 0 saturated carbocycles. The highest BCUT2D eigenvalue weighted by molar-refractivity contribution is 7.89. The van der Waals surface area contributed by atoms with Gasteiger partial charge in [-0.1, -0.05) is 44.2 Å². The summed E-state index contributed by atoms with van der Waals surface area (Å²) in [5, 5.41) is 11.2. The van der Waals surface area contributed by atoms with Crippen LogP contribution in [0, 0.1) is 5.92 Å². The standard InChI is InChI=1S/C16H21NO3S/c1-12(2)9-15(11-18)17-21(19,20)16-8-7-13-5-3-4-6-14(13)10-16/h3-8,10,12,15,17-18H,9,11H2,1-2H3. The molecule has 4 nitrogen and oxygen atoms in total. The predicted molar refractivity (Wildman–Crippen MR) is 84.6 cm³/mol. The summed E-state index contributed by atoms with van der Waals surface area (Å²) in [6, 6.07) is 12.2. The lowest BCUT2D eigenvalue weighted by molar-refractivity contribution is 0.240. The van der Waals surface area contributed by atoms with Crippen LogP contribution in [0.1, 0.15) is 20.3 Å². The van der Waals surface area contributed by atoms with Crippen molar-refractivity contribution in [3.05, 3.63) is 42.5 Å². The molecule has 0 radical (unpaired) electrons. The Balaban J connectivity index is 2.28. The van der Waals surface area contributed by atoms with E-state index < -0.39 is 16.1 Å². The molecule has 0 heterocycles. The summed E-state index contributed by atoms with van der Waals surface area (Å²) < 4.78 is 27.4. The van der Waals surface area contributed by atoms with Gasteiger partial charge in [0.05, 0.1) is 11.5 Å². The first-order valence-electron chi connectivity index (χ1n) is 7.04. The molecule has 0 aliphatic heterocycles. The zero-order valence-electron chi connectivity index (χ0n) is 12.3. The third kappa shape index (κ3) is 4.03. The number of aliphatic hydroxyl groups excluding tert-OH is 1. The van der Waals surface area contributed by atoms with Gasteiger partial charge in [-0.05, 0) is 35.2 Å². The van der Waals surface area contributed by atoms with E-state index in [-0.39, 0.29) is 11.5 Å². The van der Waals surface area contributed by atoms with Crippen molar-refractivity contribution < 1.29 is 13.5 Å². The molecule has 0 aliphatic carbocycles. The van der Waals surface area contributed by atoms with Gasteiger partial charge in [-0.25, -0.2) is 13.1 Å². The maximum absolute atomic E-state index is 12.4. The van der Waals surface area contributed by atoms with Crippen LogP contribution in [0.25, 0.3) is 10.8 Å². The molecule has 5 heteroatoms. The molecule has 2 N–H and O–H groups in total. The van der Waals surface area contributed by atoms with Gasteiger partial charge in [0.15, 0.2) is 0 Å². The van der Waals surface area contributed by atoms with Gasteiger partial charge in [0.1, 0.15) is 0 Å². The summed E-state index contributed by atoms with van der Waals surface area (Å²) in [7, 11) is -3.62.